The Kier molecular flexibility index (Phi) is 3.98. The lowest BCUT2D eigenvalue weighted by Gasteiger charge is -2.19. The van der Waals surface area contributed by atoms with Crippen LogP contribution < -0.4 is 4.90 Å². The molecule has 0 amide bonds. The van der Waals surface area contributed by atoms with Crippen molar-refractivity contribution in [3.8, 4) is 0 Å². The molecule has 0 aliphatic rings. The zero-order valence-corrected chi connectivity index (χ0v) is 12.0. The maximum atomic E-state index is 11.3. The molecule has 0 atom stereocenters. The highest BCUT2D eigenvalue weighted by molar-refractivity contribution is 5.86. The minimum Gasteiger partial charge on any atom is -0.464 e. The zero-order chi connectivity index (χ0) is 14.7. The van der Waals surface area contributed by atoms with Gasteiger partial charge in [0.15, 0.2) is 11.5 Å². The number of methoxy groups -OCH3 is 1. The molecule has 0 saturated heterocycles. The minimum absolute atomic E-state index is 0.199. The Labute approximate surface area is 118 Å². The number of rotatable bonds is 3. The molecule has 5 heteroatoms. The molecule has 104 valence electrons. The second kappa shape index (κ2) is 5.69. The smallest absolute Gasteiger partial charge is 0.358 e. The lowest BCUT2D eigenvalue weighted by atomic mass is 10.1. The predicted octanol–water partition coefficient (Wildman–Crippen LogP) is 2.65. The van der Waals surface area contributed by atoms with Crippen LogP contribution in [-0.4, -0.2) is 30.1 Å². The van der Waals surface area contributed by atoms with Gasteiger partial charge >= 0.3 is 5.97 Å². The number of nitrogens with zero attached hydrogens (tertiary/aromatic N) is 3. The predicted molar refractivity (Wildman–Crippen MR) is 77.4 cm³/mol. The Morgan fingerprint density at radius 2 is 1.75 bits per heavy atom. The summed E-state index contributed by atoms with van der Waals surface area (Å²) in [7, 11) is 3.23. The van der Waals surface area contributed by atoms with E-state index in [1.807, 2.05) is 11.9 Å². The van der Waals surface area contributed by atoms with Gasteiger partial charge in [0.2, 0.25) is 0 Å². The van der Waals surface area contributed by atoms with E-state index in [0.717, 1.165) is 5.69 Å². The largest absolute Gasteiger partial charge is 0.464 e. The second-order valence-electron chi connectivity index (χ2n) is 4.66. The fraction of sp³-hybridized carbons (Fsp3) is 0.267. The van der Waals surface area contributed by atoms with E-state index >= 15 is 0 Å². The number of aryl methyl sites for hydroxylation is 2. The summed E-state index contributed by atoms with van der Waals surface area (Å²) in [5.41, 5.74) is 3.60. The summed E-state index contributed by atoms with van der Waals surface area (Å²) in [6.07, 6.45) is 2.98. The van der Waals surface area contributed by atoms with Gasteiger partial charge in [-0.1, -0.05) is 6.07 Å². The Morgan fingerprint density at radius 3 is 2.25 bits per heavy atom. The third kappa shape index (κ3) is 2.93. The van der Waals surface area contributed by atoms with Crippen LogP contribution in [-0.2, 0) is 4.74 Å². The van der Waals surface area contributed by atoms with Gasteiger partial charge in [0, 0.05) is 12.7 Å². The number of carbonyl (C=O) groups excluding carboxylic acids is 1. The first-order valence-electron chi connectivity index (χ1n) is 6.23. The van der Waals surface area contributed by atoms with Gasteiger partial charge in [-0.05, 0) is 37.1 Å². The van der Waals surface area contributed by atoms with Gasteiger partial charge in [-0.2, -0.15) is 0 Å². The highest BCUT2D eigenvalue weighted by atomic mass is 16.5. The van der Waals surface area contributed by atoms with E-state index in [4.69, 9.17) is 0 Å². The third-order valence-electron chi connectivity index (χ3n) is 2.97. The third-order valence-corrected chi connectivity index (χ3v) is 2.97. The molecule has 20 heavy (non-hydrogen) atoms. The average molecular weight is 271 g/mol. The minimum atomic E-state index is -0.488. The van der Waals surface area contributed by atoms with E-state index in [1.54, 1.807) is 6.20 Å². The number of anilines is 2. The maximum absolute atomic E-state index is 11.3. The van der Waals surface area contributed by atoms with Crippen molar-refractivity contribution in [2.45, 2.75) is 13.8 Å². The molecule has 0 spiro atoms. The van der Waals surface area contributed by atoms with Crippen molar-refractivity contribution in [1.82, 2.24) is 9.97 Å². The summed E-state index contributed by atoms with van der Waals surface area (Å²) < 4.78 is 4.60. The lowest BCUT2D eigenvalue weighted by Crippen LogP contribution is -2.13. The molecule has 0 saturated carbocycles. The van der Waals surface area contributed by atoms with E-state index in [0.29, 0.717) is 5.82 Å². The summed E-state index contributed by atoms with van der Waals surface area (Å²) in [6.45, 7) is 4.10. The maximum Gasteiger partial charge on any atom is 0.358 e. The zero-order valence-electron chi connectivity index (χ0n) is 12.0. The van der Waals surface area contributed by atoms with E-state index in [-0.39, 0.29) is 5.69 Å². The molecular weight excluding hydrogens is 254 g/mol. The highest BCUT2D eigenvalue weighted by Gasteiger charge is 2.10. The molecule has 0 fully saturated rings. The molecular formula is C15H17N3O2. The number of esters is 1. The average Bonchev–Trinajstić information content (AvgIpc) is 2.45. The van der Waals surface area contributed by atoms with Crippen molar-refractivity contribution in [2.75, 3.05) is 19.1 Å². The van der Waals surface area contributed by atoms with E-state index in [1.165, 1.54) is 24.4 Å². The molecule has 1 aromatic heterocycles. The number of ether oxygens (including phenoxy) is 1. The van der Waals surface area contributed by atoms with Crippen LogP contribution in [0.25, 0.3) is 0 Å². The monoisotopic (exact) mass is 271 g/mol. The van der Waals surface area contributed by atoms with E-state index in [2.05, 4.69) is 46.8 Å². The first-order chi connectivity index (χ1) is 9.51. The van der Waals surface area contributed by atoms with Crippen molar-refractivity contribution in [3.05, 3.63) is 47.4 Å². The Balaban J connectivity index is 2.28. The van der Waals surface area contributed by atoms with E-state index in [9.17, 15) is 4.79 Å². The van der Waals surface area contributed by atoms with Crippen LogP contribution in [0.4, 0.5) is 11.5 Å². The first-order valence-corrected chi connectivity index (χ1v) is 6.23. The van der Waals surface area contributed by atoms with Crippen LogP contribution in [0.1, 0.15) is 21.6 Å². The number of benzene rings is 1. The van der Waals surface area contributed by atoms with Crippen molar-refractivity contribution in [2.24, 2.45) is 0 Å². The van der Waals surface area contributed by atoms with Gasteiger partial charge in [-0.3, -0.25) is 0 Å². The van der Waals surface area contributed by atoms with Gasteiger partial charge in [0.25, 0.3) is 0 Å². The molecule has 0 radical (unpaired) electrons. The van der Waals surface area contributed by atoms with Gasteiger partial charge < -0.3 is 9.64 Å². The van der Waals surface area contributed by atoms with Crippen LogP contribution in [0, 0.1) is 13.8 Å². The summed E-state index contributed by atoms with van der Waals surface area (Å²) >= 11 is 0. The Morgan fingerprint density at radius 1 is 1.10 bits per heavy atom. The Bertz CT molecular complexity index is 603. The Hall–Kier alpha value is -2.43. The van der Waals surface area contributed by atoms with Crippen LogP contribution >= 0.6 is 0 Å². The first kappa shape index (κ1) is 14.0. The molecule has 1 heterocycles. The van der Waals surface area contributed by atoms with Crippen molar-refractivity contribution in [1.29, 1.82) is 0 Å². The number of aromatic nitrogens is 2. The normalized spacial score (nSPS) is 10.2. The summed E-state index contributed by atoms with van der Waals surface area (Å²) in [6, 6.07) is 6.26. The quantitative estimate of drug-likeness (QED) is 0.803. The SMILES string of the molecule is COC(=O)c1cnc(N(C)c2cc(C)cc(C)c2)cn1. The molecule has 2 rings (SSSR count). The van der Waals surface area contributed by atoms with Gasteiger partial charge in [-0.15, -0.1) is 0 Å². The van der Waals surface area contributed by atoms with E-state index < -0.39 is 5.97 Å². The molecule has 0 unspecified atom stereocenters. The lowest BCUT2D eigenvalue weighted by molar-refractivity contribution is 0.0593. The molecule has 0 bridgehead atoms. The van der Waals surface area contributed by atoms with Crippen molar-refractivity contribution in [3.63, 3.8) is 0 Å². The molecule has 1 aromatic carbocycles. The van der Waals surface area contributed by atoms with Crippen LogP contribution in [0.3, 0.4) is 0 Å². The topological polar surface area (TPSA) is 55.3 Å². The summed E-state index contributed by atoms with van der Waals surface area (Å²) in [5.74, 6) is 0.181. The van der Waals surface area contributed by atoms with Crippen LogP contribution in [0.5, 0.6) is 0 Å². The fourth-order valence-corrected chi connectivity index (χ4v) is 1.98. The number of carbonyl (C=O) groups is 1. The molecule has 2 aromatic rings. The molecule has 0 aliphatic heterocycles. The fourth-order valence-electron chi connectivity index (χ4n) is 1.98. The summed E-state index contributed by atoms with van der Waals surface area (Å²) in [4.78, 5) is 21.5. The molecule has 5 nitrogen and oxygen atoms in total. The highest BCUT2D eigenvalue weighted by Crippen LogP contribution is 2.23. The van der Waals surface area contributed by atoms with Crippen molar-refractivity contribution < 1.29 is 9.53 Å². The standard InChI is InChI=1S/C15H17N3O2/c1-10-5-11(2)7-12(6-10)18(3)14-9-16-13(8-17-14)15(19)20-4/h5-9H,1-4H3. The van der Waals surface area contributed by atoms with Crippen molar-refractivity contribution >= 4 is 17.5 Å². The molecule has 0 N–H and O–H groups in total. The molecule has 0 aliphatic carbocycles. The van der Waals surface area contributed by atoms with Gasteiger partial charge in [0.1, 0.15) is 0 Å². The summed E-state index contributed by atoms with van der Waals surface area (Å²) in [5, 5.41) is 0. The van der Waals surface area contributed by atoms with Crippen LogP contribution in [0.2, 0.25) is 0 Å². The number of hydrogen-bond acceptors (Lipinski definition) is 5. The number of hydrogen-bond donors (Lipinski definition) is 0. The van der Waals surface area contributed by atoms with Gasteiger partial charge in [-0.25, -0.2) is 14.8 Å². The van der Waals surface area contributed by atoms with Crippen LogP contribution in [0.15, 0.2) is 30.6 Å². The van der Waals surface area contributed by atoms with Gasteiger partial charge in [0.05, 0.1) is 19.5 Å². The second-order valence-corrected chi connectivity index (χ2v) is 4.66.